The van der Waals surface area contributed by atoms with Crippen molar-refractivity contribution in [3.63, 3.8) is 0 Å². The van der Waals surface area contributed by atoms with Crippen LogP contribution >= 0.6 is 0 Å². The van der Waals surface area contributed by atoms with Crippen molar-refractivity contribution in [3.05, 3.63) is 42.5 Å². The third-order valence-electron chi connectivity index (χ3n) is 2.94. The number of hydrogen-bond acceptors (Lipinski definition) is 4. The molecule has 0 radical (unpaired) electrons. The molecule has 1 atom stereocenters. The van der Waals surface area contributed by atoms with Crippen molar-refractivity contribution in [2.75, 3.05) is 0 Å². The molecule has 2 rings (SSSR count). The van der Waals surface area contributed by atoms with Gasteiger partial charge in [-0.2, -0.15) is 0 Å². The van der Waals surface area contributed by atoms with Crippen LogP contribution in [0.15, 0.2) is 36.9 Å². The molecule has 106 valence electrons. The van der Waals surface area contributed by atoms with Crippen molar-refractivity contribution in [1.82, 2.24) is 0 Å². The van der Waals surface area contributed by atoms with Gasteiger partial charge in [-0.15, -0.1) is 6.58 Å². The first-order valence-corrected chi connectivity index (χ1v) is 6.47. The number of ether oxygens (including phenoxy) is 2. The highest BCUT2D eigenvalue weighted by Gasteiger charge is 2.55. The van der Waals surface area contributed by atoms with E-state index in [0.29, 0.717) is 11.3 Å². The van der Waals surface area contributed by atoms with Gasteiger partial charge in [-0.1, -0.05) is 18.2 Å². The zero-order valence-electron chi connectivity index (χ0n) is 11.9. The lowest BCUT2D eigenvalue weighted by molar-refractivity contribution is -0.168. The van der Waals surface area contributed by atoms with Crippen LogP contribution < -0.4 is 4.74 Å². The normalized spacial score (nSPS) is 21.1. The number of fused-ring (bicyclic) bond motifs is 1. The zero-order valence-corrected chi connectivity index (χ0v) is 11.9. The highest BCUT2D eigenvalue weighted by molar-refractivity contribution is 6.19. The predicted octanol–water partition coefficient (Wildman–Crippen LogP) is 2.92. The highest BCUT2D eigenvalue weighted by Crippen LogP contribution is 2.38. The van der Waals surface area contributed by atoms with E-state index in [4.69, 9.17) is 9.47 Å². The number of para-hydroxylation sites is 1. The number of rotatable bonds is 3. The molecule has 0 saturated carbocycles. The van der Waals surface area contributed by atoms with Gasteiger partial charge in [0.2, 0.25) is 5.78 Å². The molecule has 1 aromatic carbocycles. The molecule has 0 N–H and O–H groups in total. The van der Waals surface area contributed by atoms with Crippen molar-refractivity contribution in [2.45, 2.75) is 38.4 Å². The van der Waals surface area contributed by atoms with E-state index in [1.165, 1.54) is 6.08 Å². The minimum atomic E-state index is -1.64. The molecule has 4 nitrogen and oxygen atoms in total. The predicted molar refractivity (Wildman–Crippen MR) is 74.8 cm³/mol. The summed E-state index contributed by atoms with van der Waals surface area (Å²) >= 11 is 0. The molecule has 0 bridgehead atoms. The third kappa shape index (κ3) is 2.33. The number of esters is 1. The molecule has 1 aliphatic heterocycles. The molecule has 0 spiro atoms. The molecule has 0 aromatic heterocycles. The van der Waals surface area contributed by atoms with Gasteiger partial charge in [0.15, 0.2) is 0 Å². The van der Waals surface area contributed by atoms with Crippen LogP contribution in [-0.4, -0.2) is 23.0 Å². The molecular formula is C16H18O4. The van der Waals surface area contributed by atoms with Crippen LogP contribution in [0.5, 0.6) is 5.75 Å². The van der Waals surface area contributed by atoms with Crippen molar-refractivity contribution in [2.24, 2.45) is 0 Å². The number of hydrogen-bond donors (Lipinski definition) is 0. The summed E-state index contributed by atoms with van der Waals surface area (Å²) in [5.74, 6) is -0.640. The Morgan fingerprint density at radius 2 is 2.05 bits per heavy atom. The Morgan fingerprint density at radius 3 is 2.60 bits per heavy atom. The zero-order chi connectivity index (χ0) is 15.0. The minimum Gasteiger partial charge on any atom is -0.466 e. The molecule has 1 aliphatic rings. The highest BCUT2D eigenvalue weighted by atomic mass is 16.6. The van der Waals surface area contributed by atoms with E-state index < -0.39 is 17.2 Å². The van der Waals surface area contributed by atoms with Crippen molar-refractivity contribution >= 4 is 11.8 Å². The Morgan fingerprint density at radius 1 is 1.40 bits per heavy atom. The summed E-state index contributed by atoms with van der Waals surface area (Å²) in [5.41, 5.74) is -1.93. The van der Waals surface area contributed by atoms with Gasteiger partial charge in [-0.25, -0.2) is 4.79 Å². The van der Waals surface area contributed by atoms with Crippen LogP contribution in [0.25, 0.3) is 0 Å². The third-order valence-corrected chi connectivity index (χ3v) is 2.94. The lowest BCUT2D eigenvalue weighted by atomic mass is 9.91. The molecule has 0 amide bonds. The van der Waals surface area contributed by atoms with Crippen molar-refractivity contribution in [1.29, 1.82) is 0 Å². The van der Waals surface area contributed by atoms with Crippen LogP contribution in [0.4, 0.5) is 0 Å². The van der Waals surface area contributed by atoms with E-state index >= 15 is 0 Å². The van der Waals surface area contributed by atoms with Gasteiger partial charge in [-0.05, 0) is 32.9 Å². The number of Topliss-reactive ketones (excluding diaryl/α,β-unsaturated/α-hetero) is 1. The first-order valence-electron chi connectivity index (χ1n) is 6.47. The average Bonchev–Trinajstić information content (AvgIpc) is 2.63. The van der Waals surface area contributed by atoms with Gasteiger partial charge in [-0.3, -0.25) is 4.79 Å². The number of benzene rings is 1. The summed E-state index contributed by atoms with van der Waals surface area (Å²) in [6.45, 7) is 8.85. The Kier molecular flexibility index (Phi) is 3.42. The Labute approximate surface area is 118 Å². The molecule has 20 heavy (non-hydrogen) atoms. The summed E-state index contributed by atoms with van der Waals surface area (Å²) in [7, 11) is 0. The minimum absolute atomic E-state index is 0.0788. The monoisotopic (exact) mass is 274 g/mol. The van der Waals surface area contributed by atoms with Gasteiger partial charge in [0.25, 0.3) is 5.60 Å². The van der Waals surface area contributed by atoms with Crippen LogP contribution in [0.2, 0.25) is 0 Å². The van der Waals surface area contributed by atoms with Gasteiger partial charge in [0.05, 0.1) is 5.56 Å². The van der Waals surface area contributed by atoms with Gasteiger partial charge in [0.1, 0.15) is 11.4 Å². The van der Waals surface area contributed by atoms with E-state index in [1.54, 1.807) is 45.0 Å². The largest absolute Gasteiger partial charge is 0.466 e. The lowest BCUT2D eigenvalue weighted by Gasteiger charge is -2.28. The van der Waals surface area contributed by atoms with Crippen LogP contribution in [0.1, 0.15) is 37.6 Å². The molecule has 4 heteroatoms. The van der Waals surface area contributed by atoms with Crippen molar-refractivity contribution in [3.8, 4) is 5.75 Å². The second kappa shape index (κ2) is 4.78. The van der Waals surface area contributed by atoms with Crippen LogP contribution in [-0.2, 0) is 9.53 Å². The number of carbonyl (C=O) groups is 2. The maximum atomic E-state index is 12.6. The van der Waals surface area contributed by atoms with E-state index in [0.717, 1.165) is 0 Å². The SMILES string of the molecule is C=CC[C@@]1(C(=O)OC(C)(C)C)Oc2ccccc2C1=O. The van der Waals surface area contributed by atoms with E-state index in [1.807, 2.05) is 0 Å². The van der Waals surface area contributed by atoms with Crippen molar-refractivity contribution < 1.29 is 19.1 Å². The smallest absolute Gasteiger partial charge is 0.359 e. The Balaban J connectivity index is 2.41. The van der Waals surface area contributed by atoms with Gasteiger partial charge in [0, 0.05) is 6.42 Å². The fraction of sp³-hybridized carbons (Fsp3) is 0.375. The van der Waals surface area contributed by atoms with E-state index in [2.05, 4.69) is 6.58 Å². The topological polar surface area (TPSA) is 52.6 Å². The quantitative estimate of drug-likeness (QED) is 0.483. The van der Waals surface area contributed by atoms with Crippen LogP contribution in [0.3, 0.4) is 0 Å². The maximum absolute atomic E-state index is 12.6. The lowest BCUT2D eigenvalue weighted by Crippen LogP contribution is -2.51. The summed E-state index contributed by atoms with van der Waals surface area (Å²) in [5, 5.41) is 0. The molecule has 0 fully saturated rings. The first kappa shape index (κ1) is 14.3. The fourth-order valence-corrected chi connectivity index (χ4v) is 2.11. The average molecular weight is 274 g/mol. The molecular weight excluding hydrogens is 256 g/mol. The first-order chi connectivity index (χ1) is 9.30. The summed E-state index contributed by atoms with van der Waals surface area (Å²) < 4.78 is 11.0. The standard InChI is InChI=1S/C16H18O4/c1-5-10-16(14(18)20-15(2,3)4)13(17)11-8-6-7-9-12(11)19-16/h5-9H,1,10H2,2-4H3/t16-/m1/s1. The molecule has 0 aliphatic carbocycles. The molecule has 1 heterocycles. The van der Waals surface area contributed by atoms with Crippen LogP contribution in [0, 0.1) is 0 Å². The number of ketones is 1. The summed E-state index contributed by atoms with van der Waals surface area (Å²) in [4.78, 5) is 25.0. The van der Waals surface area contributed by atoms with E-state index in [9.17, 15) is 9.59 Å². The molecule has 0 saturated heterocycles. The van der Waals surface area contributed by atoms with Gasteiger partial charge < -0.3 is 9.47 Å². The second-order valence-corrected chi connectivity index (χ2v) is 5.75. The Hall–Kier alpha value is -2.10. The Bertz CT molecular complexity index is 568. The molecule has 1 aromatic rings. The second-order valence-electron chi connectivity index (χ2n) is 5.75. The molecule has 0 unspecified atom stereocenters. The van der Waals surface area contributed by atoms with Gasteiger partial charge >= 0.3 is 5.97 Å². The number of carbonyl (C=O) groups excluding carboxylic acids is 2. The van der Waals surface area contributed by atoms with E-state index in [-0.39, 0.29) is 12.2 Å². The fourth-order valence-electron chi connectivity index (χ4n) is 2.11. The maximum Gasteiger partial charge on any atom is 0.359 e. The summed E-state index contributed by atoms with van der Waals surface area (Å²) in [6, 6.07) is 6.81. The summed E-state index contributed by atoms with van der Waals surface area (Å²) in [6.07, 6.45) is 1.57.